The van der Waals surface area contributed by atoms with Crippen LogP contribution in [0.2, 0.25) is 0 Å². The molecule has 0 bridgehead atoms. The van der Waals surface area contributed by atoms with Gasteiger partial charge in [0, 0.05) is 0 Å². The topological polar surface area (TPSA) is 0 Å². The van der Waals surface area contributed by atoms with Gasteiger partial charge >= 0.3 is 0 Å². The highest BCUT2D eigenvalue weighted by Gasteiger charge is 1.98. The largest absolute Gasteiger partial charge is 0.0841 e. The summed E-state index contributed by atoms with van der Waals surface area (Å²) in [4.78, 5) is 0. The first kappa shape index (κ1) is 9.05. The summed E-state index contributed by atoms with van der Waals surface area (Å²) in [5, 5.41) is 0. The van der Waals surface area contributed by atoms with E-state index in [4.69, 9.17) is 0 Å². The summed E-state index contributed by atoms with van der Waals surface area (Å²) in [6.45, 7) is 8.52. The SMILES string of the molecule is CC=C(C)c1ccc(C)cc1C. The average molecular weight is 160 g/mol. The number of benzene rings is 1. The van der Waals surface area contributed by atoms with Gasteiger partial charge in [-0.25, -0.2) is 0 Å². The summed E-state index contributed by atoms with van der Waals surface area (Å²) in [5.74, 6) is 0. The van der Waals surface area contributed by atoms with E-state index in [0.717, 1.165) is 0 Å². The Hall–Kier alpha value is -1.04. The Kier molecular flexibility index (Phi) is 2.69. The van der Waals surface area contributed by atoms with Crippen LogP contribution in [-0.4, -0.2) is 0 Å². The molecular formula is C12H16. The molecule has 0 N–H and O–H groups in total. The molecule has 0 aliphatic carbocycles. The molecule has 0 heteroatoms. The first-order chi connectivity index (χ1) is 5.65. The molecular weight excluding hydrogens is 144 g/mol. The zero-order valence-electron chi connectivity index (χ0n) is 8.31. The summed E-state index contributed by atoms with van der Waals surface area (Å²) in [7, 11) is 0. The maximum atomic E-state index is 2.22. The highest BCUT2D eigenvalue weighted by molar-refractivity contribution is 5.66. The average Bonchev–Trinajstić information content (AvgIpc) is 2.03. The Morgan fingerprint density at radius 3 is 2.42 bits per heavy atom. The number of rotatable bonds is 1. The molecule has 1 rings (SSSR count). The molecule has 0 heterocycles. The van der Waals surface area contributed by atoms with Crippen molar-refractivity contribution in [3.8, 4) is 0 Å². The molecule has 1 aromatic rings. The molecule has 0 amide bonds. The number of hydrogen-bond acceptors (Lipinski definition) is 0. The second-order valence-electron chi connectivity index (χ2n) is 3.29. The van der Waals surface area contributed by atoms with Gasteiger partial charge in [-0.3, -0.25) is 0 Å². The smallest absolute Gasteiger partial charge is 0.0201 e. The third-order valence-corrected chi connectivity index (χ3v) is 2.24. The molecule has 0 saturated heterocycles. The van der Waals surface area contributed by atoms with E-state index >= 15 is 0 Å². The molecule has 64 valence electrons. The molecule has 1 aromatic carbocycles. The van der Waals surface area contributed by atoms with Crippen LogP contribution in [0.4, 0.5) is 0 Å². The van der Waals surface area contributed by atoms with Crippen LogP contribution in [-0.2, 0) is 0 Å². The predicted octanol–water partition coefficient (Wildman–Crippen LogP) is 3.73. The van der Waals surface area contributed by atoms with Crippen LogP contribution in [0.1, 0.15) is 30.5 Å². The molecule has 0 radical (unpaired) electrons. The van der Waals surface area contributed by atoms with Gasteiger partial charge in [-0.05, 0) is 44.4 Å². The fourth-order valence-electron chi connectivity index (χ4n) is 1.41. The van der Waals surface area contributed by atoms with Crippen LogP contribution in [0.25, 0.3) is 5.57 Å². The predicted molar refractivity (Wildman–Crippen MR) is 55.2 cm³/mol. The van der Waals surface area contributed by atoms with Gasteiger partial charge in [-0.1, -0.05) is 29.8 Å². The van der Waals surface area contributed by atoms with E-state index in [2.05, 4.69) is 52.0 Å². The summed E-state index contributed by atoms with van der Waals surface area (Å²) in [6.07, 6.45) is 2.15. The van der Waals surface area contributed by atoms with Gasteiger partial charge in [0.2, 0.25) is 0 Å². The monoisotopic (exact) mass is 160 g/mol. The van der Waals surface area contributed by atoms with E-state index in [1.54, 1.807) is 0 Å². The molecule has 0 atom stereocenters. The van der Waals surface area contributed by atoms with Crippen LogP contribution >= 0.6 is 0 Å². The fourth-order valence-corrected chi connectivity index (χ4v) is 1.41. The zero-order chi connectivity index (χ0) is 9.14. The van der Waals surface area contributed by atoms with Crippen molar-refractivity contribution in [2.45, 2.75) is 27.7 Å². The molecule has 0 saturated carbocycles. The van der Waals surface area contributed by atoms with Crippen molar-refractivity contribution in [3.63, 3.8) is 0 Å². The van der Waals surface area contributed by atoms with Crippen LogP contribution in [0.3, 0.4) is 0 Å². The molecule has 0 aliphatic heterocycles. The lowest BCUT2D eigenvalue weighted by molar-refractivity contribution is 1.34. The first-order valence-electron chi connectivity index (χ1n) is 4.35. The Labute approximate surface area is 74.9 Å². The molecule has 0 fully saturated rings. The third-order valence-electron chi connectivity index (χ3n) is 2.24. The maximum Gasteiger partial charge on any atom is -0.0201 e. The lowest BCUT2D eigenvalue weighted by Crippen LogP contribution is -1.86. The Balaban J connectivity index is 3.18. The van der Waals surface area contributed by atoms with Crippen LogP contribution in [0.15, 0.2) is 24.3 Å². The van der Waals surface area contributed by atoms with Crippen LogP contribution < -0.4 is 0 Å². The second kappa shape index (κ2) is 3.57. The van der Waals surface area contributed by atoms with E-state index in [0.29, 0.717) is 0 Å². The van der Waals surface area contributed by atoms with Gasteiger partial charge in [-0.15, -0.1) is 0 Å². The van der Waals surface area contributed by atoms with Crippen molar-refractivity contribution in [1.29, 1.82) is 0 Å². The van der Waals surface area contributed by atoms with Gasteiger partial charge in [0.05, 0.1) is 0 Å². The quantitative estimate of drug-likeness (QED) is 0.587. The maximum absolute atomic E-state index is 2.22. The summed E-state index contributed by atoms with van der Waals surface area (Å²) < 4.78 is 0. The van der Waals surface area contributed by atoms with Gasteiger partial charge in [-0.2, -0.15) is 0 Å². The Morgan fingerprint density at radius 2 is 1.92 bits per heavy atom. The molecule has 0 aromatic heterocycles. The van der Waals surface area contributed by atoms with E-state index in [1.807, 2.05) is 0 Å². The van der Waals surface area contributed by atoms with Crippen molar-refractivity contribution in [1.82, 2.24) is 0 Å². The highest BCUT2D eigenvalue weighted by Crippen LogP contribution is 2.18. The minimum absolute atomic E-state index is 1.33. The van der Waals surface area contributed by atoms with E-state index in [-0.39, 0.29) is 0 Å². The lowest BCUT2D eigenvalue weighted by atomic mass is 10.00. The zero-order valence-corrected chi connectivity index (χ0v) is 8.31. The van der Waals surface area contributed by atoms with Crippen molar-refractivity contribution < 1.29 is 0 Å². The Bertz CT molecular complexity index is 306. The third kappa shape index (κ3) is 1.76. The van der Waals surface area contributed by atoms with Crippen molar-refractivity contribution >= 4 is 5.57 Å². The molecule has 0 aliphatic rings. The normalized spacial score (nSPS) is 11.8. The Morgan fingerprint density at radius 1 is 1.25 bits per heavy atom. The van der Waals surface area contributed by atoms with Gasteiger partial charge in [0.1, 0.15) is 0 Å². The number of allylic oxidation sites excluding steroid dienone is 2. The second-order valence-corrected chi connectivity index (χ2v) is 3.29. The van der Waals surface area contributed by atoms with Crippen molar-refractivity contribution in [2.24, 2.45) is 0 Å². The lowest BCUT2D eigenvalue weighted by Gasteiger charge is -2.06. The van der Waals surface area contributed by atoms with E-state index in [1.165, 1.54) is 22.3 Å². The first-order valence-corrected chi connectivity index (χ1v) is 4.35. The summed E-state index contributed by atoms with van der Waals surface area (Å²) in [6, 6.07) is 6.58. The summed E-state index contributed by atoms with van der Waals surface area (Å²) in [5.41, 5.74) is 5.42. The molecule has 0 nitrogen and oxygen atoms in total. The molecule has 12 heavy (non-hydrogen) atoms. The molecule has 0 unspecified atom stereocenters. The van der Waals surface area contributed by atoms with E-state index < -0.39 is 0 Å². The van der Waals surface area contributed by atoms with Gasteiger partial charge in [0.25, 0.3) is 0 Å². The van der Waals surface area contributed by atoms with Crippen molar-refractivity contribution in [3.05, 3.63) is 41.0 Å². The summed E-state index contributed by atoms with van der Waals surface area (Å²) >= 11 is 0. The van der Waals surface area contributed by atoms with E-state index in [9.17, 15) is 0 Å². The standard InChI is InChI=1S/C12H16/c1-5-10(3)12-7-6-9(2)8-11(12)4/h5-8H,1-4H3. The van der Waals surface area contributed by atoms with Gasteiger partial charge in [0.15, 0.2) is 0 Å². The van der Waals surface area contributed by atoms with Crippen molar-refractivity contribution in [2.75, 3.05) is 0 Å². The minimum Gasteiger partial charge on any atom is -0.0841 e. The fraction of sp³-hybridized carbons (Fsp3) is 0.333. The van der Waals surface area contributed by atoms with Gasteiger partial charge < -0.3 is 0 Å². The number of hydrogen-bond donors (Lipinski definition) is 0. The van der Waals surface area contributed by atoms with Crippen LogP contribution in [0, 0.1) is 13.8 Å². The number of aryl methyl sites for hydroxylation is 2. The van der Waals surface area contributed by atoms with Crippen LogP contribution in [0.5, 0.6) is 0 Å². The molecule has 0 spiro atoms. The minimum atomic E-state index is 1.33. The highest BCUT2D eigenvalue weighted by atomic mass is 14.0.